The molecule has 1 heterocycles. The van der Waals surface area contributed by atoms with E-state index in [-0.39, 0.29) is 45.0 Å². The van der Waals surface area contributed by atoms with Crippen molar-refractivity contribution in [3.8, 4) is 0 Å². The minimum absolute atomic E-state index is 0. The molecule has 11 heteroatoms. The van der Waals surface area contributed by atoms with E-state index < -0.39 is 15.8 Å². The smallest absolute Gasteiger partial charge is 0.406 e. The first kappa shape index (κ1) is 19.5. The van der Waals surface area contributed by atoms with Crippen molar-refractivity contribution in [2.75, 3.05) is 13.6 Å². The molecule has 0 saturated carbocycles. The molecule has 0 amide bonds. The number of hydrogen-bond donors (Lipinski definition) is 3. The summed E-state index contributed by atoms with van der Waals surface area (Å²) >= 11 is 9.23. The number of aromatic nitrogens is 1. The van der Waals surface area contributed by atoms with E-state index in [1.54, 1.807) is 7.05 Å². The summed E-state index contributed by atoms with van der Waals surface area (Å²) in [5.41, 5.74) is 0.325. The summed E-state index contributed by atoms with van der Waals surface area (Å²) < 4.78 is 32.3. The van der Waals surface area contributed by atoms with Gasteiger partial charge in [0.1, 0.15) is 9.92 Å². The van der Waals surface area contributed by atoms with Crippen LogP contribution in [0.15, 0.2) is 24.6 Å². The molecule has 0 bridgehead atoms. The van der Waals surface area contributed by atoms with E-state index in [4.69, 9.17) is 16.0 Å². The second-order valence-electron chi connectivity index (χ2n) is 4.43. The van der Waals surface area contributed by atoms with Crippen LogP contribution < -0.4 is 15.8 Å². The lowest BCUT2D eigenvalue weighted by atomic mass is 10.3. The van der Waals surface area contributed by atoms with Gasteiger partial charge in [0.05, 0.1) is 5.52 Å². The first-order chi connectivity index (χ1) is 9.76. The molecule has 1 aromatic carbocycles. The molecule has 2 aromatic rings. The van der Waals surface area contributed by atoms with Gasteiger partial charge in [0.15, 0.2) is 5.58 Å². The molecular weight excluding hydrogens is 421 g/mol. The molecule has 0 fully saturated rings. The van der Waals surface area contributed by atoms with Gasteiger partial charge in [-0.3, -0.25) is 4.98 Å². The topological polar surface area (TPSA) is 104 Å². The van der Waals surface area contributed by atoms with Gasteiger partial charge >= 0.3 is 5.76 Å². The third-order valence-electron chi connectivity index (χ3n) is 2.90. The monoisotopic (exact) mass is 433 g/mol. The van der Waals surface area contributed by atoms with Gasteiger partial charge in [-0.05, 0) is 36.0 Å². The highest BCUT2D eigenvalue weighted by molar-refractivity contribution is 9.10. The van der Waals surface area contributed by atoms with Crippen LogP contribution in [0.25, 0.3) is 11.1 Å². The van der Waals surface area contributed by atoms with Gasteiger partial charge in [0, 0.05) is 17.1 Å². The SMILES string of the molecule is CNC(C)CNS(=O)(=O)c1c(Br)cc2[nH]c(=O)oc2c1Cl.Cl. The van der Waals surface area contributed by atoms with Crippen LogP contribution in [-0.2, 0) is 10.0 Å². The molecule has 2 rings (SSSR count). The number of likely N-dealkylation sites (N-methyl/N-ethyl adjacent to an activating group) is 1. The quantitative estimate of drug-likeness (QED) is 0.665. The Kier molecular flexibility index (Phi) is 6.48. The highest BCUT2D eigenvalue weighted by atomic mass is 79.9. The zero-order chi connectivity index (χ0) is 15.8. The van der Waals surface area contributed by atoms with Gasteiger partial charge < -0.3 is 9.73 Å². The fourth-order valence-corrected chi connectivity index (χ4v) is 4.65. The zero-order valence-corrected chi connectivity index (χ0v) is 15.5. The first-order valence-corrected chi connectivity index (χ1v) is 8.59. The Bertz CT molecular complexity index is 834. The molecule has 7 nitrogen and oxygen atoms in total. The lowest BCUT2D eigenvalue weighted by Gasteiger charge is -2.13. The summed E-state index contributed by atoms with van der Waals surface area (Å²) in [5.74, 6) is -0.704. The van der Waals surface area contributed by atoms with Crippen molar-refractivity contribution in [2.45, 2.75) is 17.9 Å². The van der Waals surface area contributed by atoms with E-state index in [1.807, 2.05) is 6.92 Å². The predicted octanol–water partition coefficient (Wildman–Crippen LogP) is 1.85. The summed E-state index contributed by atoms with van der Waals surface area (Å²) in [5, 5.41) is 2.76. The molecule has 0 spiro atoms. The van der Waals surface area contributed by atoms with Gasteiger partial charge in [0.2, 0.25) is 10.0 Å². The molecular formula is C11H14BrCl2N3O4S. The maximum absolute atomic E-state index is 12.4. The third-order valence-corrected chi connectivity index (χ3v) is 5.77. The van der Waals surface area contributed by atoms with Crippen LogP contribution in [0, 0.1) is 0 Å². The number of nitrogens with one attached hydrogen (secondary N) is 3. The molecule has 1 atom stereocenters. The van der Waals surface area contributed by atoms with Gasteiger partial charge in [0.25, 0.3) is 0 Å². The Morgan fingerprint density at radius 3 is 2.73 bits per heavy atom. The summed E-state index contributed by atoms with van der Waals surface area (Å²) in [4.78, 5) is 13.4. The van der Waals surface area contributed by atoms with E-state index in [2.05, 4.69) is 31.0 Å². The van der Waals surface area contributed by atoms with Gasteiger partial charge in [-0.25, -0.2) is 17.9 Å². The van der Waals surface area contributed by atoms with E-state index >= 15 is 0 Å². The largest absolute Gasteiger partial charge is 0.417 e. The average Bonchev–Trinajstić information content (AvgIpc) is 2.76. The normalized spacial score (nSPS) is 13.1. The average molecular weight is 435 g/mol. The summed E-state index contributed by atoms with van der Waals surface area (Å²) in [7, 11) is -2.13. The highest BCUT2D eigenvalue weighted by Gasteiger charge is 2.25. The van der Waals surface area contributed by atoms with Crippen molar-refractivity contribution in [3.05, 3.63) is 26.1 Å². The van der Waals surface area contributed by atoms with Crippen LogP contribution in [0.1, 0.15) is 6.92 Å². The van der Waals surface area contributed by atoms with Crippen molar-refractivity contribution >= 4 is 61.1 Å². The first-order valence-electron chi connectivity index (χ1n) is 5.94. The molecule has 0 aliphatic carbocycles. The minimum Gasteiger partial charge on any atom is -0.406 e. The van der Waals surface area contributed by atoms with Crippen LogP contribution >= 0.6 is 39.9 Å². The number of hydrogen-bond acceptors (Lipinski definition) is 5. The maximum atomic E-state index is 12.4. The van der Waals surface area contributed by atoms with Gasteiger partial charge in [-0.2, -0.15) is 0 Å². The number of sulfonamides is 1. The summed E-state index contributed by atoms with van der Waals surface area (Å²) in [6, 6.07) is 1.38. The number of H-pyrrole nitrogens is 1. The summed E-state index contributed by atoms with van der Waals surface area (Å²) in [6.07, 6.45) is 0. The van der Waals surface area contributed by atoms with Crippen LogP contribution in [0.4, 0.5) is 0 Å². The number of aromatic amines is 1. The van der Waals surface area contributed by atoms with Gasteiger partial charge in [-0.1, -0.05) is 11.6 Å². The number of oxazole rings is 1. The molecule has 1 aromatic heterocycles. The Morgan fingerprint density at radius 1 is 1.50 bits per heavy atom. The number of fused-ring (bicyclic) bond motifs is 1. The molecule has 1 unspecified atom stereocenters. The van der Waals surface area contributed by atoms with Crippen LogP contribution in [0.5, 0.6) is 0 Å². The Hall–Kier alpha value is -0.580. The lowest BCUT2D eigenvalue weighted by molar-refractivity contribution is 0.549. The van der Waals surface area contributed by atoms with Crippen LogP contribution in [0.3, 0.4) is 0 Å². The van der Waals surface area contributed by atoms with Crippen molar-refractivity contribution in [1.82, 2.24) is 15.0 Å². The molecule has 0 saturated heterocycles. The lowest BCUT2D eigenvalue weighted by Crippen LogP contribution is -2.37. The minimum atomic E-state index is -3.85. The van der Waals surface area contributed by atoms with Crippen molar-refractivity contribution in [1.29, 1.82) is 0 Å². The fraction of sp³-hybridized carbons (Fsp3) is 0.364. The Labute approximate surface area is 146 Å². The second kappa shape index (κ2) is 7.33. The molecule has 124 valence electrons. The number of benzene rings is 1. The number of rotatable bonds is 5. The standard InChI is InChI=1S/C11H13BrClN3O4S.ClH/c1-5(14-2)4-15-21(18,19)10-6(12)3-7-9(8(10)13)20-11(17)16-7;/h3,5,14-15H,4H2,1-2H3,(H,16,17);1H. The maximum Gasteiger partial charge on any atom is 0.417 e. The Morgan fingerprint density at radius 2 is 2.14 bits per heavy atom. The van der Waals surface area contributed by atoms with Crippen LogP contribution in [0.2, 0.25) is 5.02 Å². The molecule has 0 aliphatic heterocycles. The molecule has 3 N–H and O–H groups in total. The van der Waals surface area contributed by atoms with Crippen molar-refractivity contribution in [3.63, 3.8) is 0 Å². The van der Waals surface area contributed by atoms with E-state index in [9.17, 15) is 13.2 Å². The predicted molar refractivity (Wildman–Crippen MR) is 90.5 cm³/mol. The summed E-state index contributed by atoms with van der Waals surface area (Å²) in [6.45, 7) is 2.02. The van der Waals surface area contributed by atoms with Crippen molar-refractivity contribution in [2.24, 2.45) is 0 Å². The van der Waals surface area contributed by atoms with Crippen LogP contribution in [-0.4, -0.2) is 33.0 Å². The van der Waals surface area contributed by atoms with Gasteiger partial charge in [-0.15, -0.1) is 12.4 Å². The van der Waals surface area contributed by atoms with Crippen molar-refractivity contribution < 1.29 is 12.8 Å². The molecule has 0 aliphatic rings. The number of halogens is 3. The highest BCUT2D eigenvalue weighted by Crippen LogP contribution is 2.35. The molecule has 0 radical (unpaired) electrons. The van der Waals surface area contributed by atoms with E-state index in [0.717, 1.165) is 0 Å². The van der Waals surface area contributed by atoms with E-state index in [1.165, 1.54) is 6.07 Å². The second-order valence-corrected chi connectivity index (χ2v) is 7.37. The zero-order valence-electron chi connectivity index (χ0n) is 11.6. The fourth-order valence-electron chi connectivity index (χ4n) is 1.66. The Balaban J connectivity index is 0.00000242. The van der Waals surface area contributed by atoms with E-state index in [0.29, 0.717) is 5.52 Å². The molecule has 22 heavy (non-hydrogen) atoms. The third kappa shape index (κ3) is 3.84.